The van der Waals surface area contributed by atoms with E-state index in [1.807, 2.05) is 13.8 Å². The normalized spacial score (nSPS) is 45.6. The van der Waals surface area contributed by atoms with Crippen LogP contribution < -0.4 is 5.32 Å². The van der Waals surface area contributed by atoms with Crippen molar-refractivity contribution in [3.05, 3.63) is 0 Å². The van der Waals surface area contributed by atoms with Crippen LogP contribution in [0.25, 0.3) is 0 Å². The Morgan fingerprint density at radius 3 is 1.88 bits per heavy atom. The molecular formula is C15H22N4O5. The second-order valence-electron chi connectivity index (χ2n) is 7.50. The summed E-state index contributed by atoms with van der Waals surface area (Å²) in [5.74, 6) is 0. The van der Waals surface area contributed by atoms with Crippen LogP contribution in [0.1, 0.15) is 13.8 Å². The smallest absolute Gasteiger partial charge is 0.324 e. The van der Waals surface area contributed by atoms with Crippen LogP contribution in [-0.2, 0) is 14.2 Å². The summed E-state index contributed by atoms with van der Waals surface area (Å²) in [6.45, 7) is 7.33. The zero-order chi connectivity index (χ0) is 16.7. The first-order valence-corrected chi connectivity index (χ1v) is 8.47. The molecule has 5 saturated heterocycles. The molecule has 5 atom stereocenters. The van der Waals surface area contributed by atoms with Gasteiger partial charge in [0.25, 0.3) is 0 Å². The zero-order valence-electron chi connectivity index (χ0n) is 13.9. The van der Waals surface area contributed by atoms with Crippen LogP contribution in [0.15, 0.2) is 0 Å². The zero-order valence-corrected chi connectivity index (χ0v) is 13.9. The number of urea groups is 2. The van der Waals surface area contributed by atoms with E-state index < -0.39 is 11.3 Å². The van der Waals surface area contributed by atoms with Gasteiger partial charge in [-0.15, -0.1) is 0 Å². The van der Waals surface area contributed by atoms with Gasteiger partial charge in [-0.3, -0.25) is 14.7 Å². The van der Waals surface area contributed by atoms with Crippen molar-refractivity contribution >= 4 is 12.1 Å². The average Bonchev–Trinajstić information content (AvgIpc) is 3.40. The minimum absolute atomic E-state index is 0.0573. The van der Waals surface area contributed by atoms with E-state index in [-0.39, 0.29) is 30.4 Å². The molecule has 1 N–H and O–H groups in total. The van der Waals surface area contributed by atoms with Crippen LogP contribution in [0.4, 0.5) is 9.59 Å². The Morgan fingerprint density at radius 2 is 1.38 bits per heavy atom. The van der Waals surface area contributed by atoms with Crippen molar-refractivity contribution in [3.8, 4) is 0 Å². The maximum atomic E-state index is 13.1. The fourth-order valence-corrected chi connectivity index (χ4v) is 4.02. The Morgan fingerprint density at radius 1 is 0.917 bits per heavy atom. The largest absolute Gasteiger partial charge is 0.371 e. The highest BCUT2D eigenvalue weighted by atomic mass is 16.6. The van der Waals surface area contributed by atoms with E-state index in [4.69, 9.17) is 14.2 Å². The summed E-state index contributed by atoms with van der Waals surface area (Å²) < 4.78 is 16.0. The summed E-state index contributed by atoms with van der Waals surface area (Å²) >= 11 is 0. The third kappa shape index (κ3) is 1.91. The summed E-state index contributed by atoms with van der Waals surface area (Å²) in [4.78, 5) is 31.1. The standard InChI is InChI=1S/C15H22N4O5/c1-14-15(2,17(12(20)16-14)3-9-6-22-9)19(5-11-8-24-11)13(21)18(14)4-10-7-23-10/h9-11H,3-8H2,1-2H3,(H,16,20). The maximum absolute atomic E-state index is 13.1. The van der Waals surface area contributed by atoms with Crippen LogP contribution in [0, 0.1) is 0 Å². The Balaban J connectivity index is 1.53. The second-order valence-corrected chi connectivity index (χ2v) is 7.50. The molecular weight excluding hydrogens is 316 g/mol. The first-order chi connectivity index (χ1) is 11.4. The summed E-state index contributed by atoms with van der Waals surface area (Å²) in [6.07, 6.45) is 0.177. The van der Waals surface area contributed by atoms with Gasteiger partial charge in [-0.05, 0) is 13.8 Å². The molecule has 0 spiro atoms. The highest BCUT2D eigenvalue weighted by Gasteiger charge is 2.72. The molecule has 5 rings (SSSR count). The molecule has 5 heterocycles. The van der Waals surface area contributed by atoms with Crippen LogP contribution in [0.3, 0.4) is 0 Å². The van der Waals surface area contributed by atoms with Crippen molar-refractivity contribution in [2.24, 2.45) is 0 Å². The number of nitrogens with zero attached hydrogens (tertiary/aromatic N) is 3. The van der Waals surface area contributed by atoms with Crippen LogP contribution >= 0.6 is 0 Å². The molecule has 5 unspecified atom stereocenters. The van der Waals surface area contributed by atoms with Crippen molar-refractivity contribution in [2.75, 3.05) is 39.5 Å². The third-order valence-corrected chi connectivity index (χ3v) is 5.94. The molecule has 0 radical (unpaired) electrons. The molecule has 24 heavy (non-hydrogen) atoms. The van der Waals surface area contributed by atoms with Gasteiger partial charge in [0.15, 0.2) is 11.3 Å². The molecule has 5 aliphatic rings. The number of fused-ring (bicyclic) bond motifs is 1. The van der Waals surface area contributed by atoms with Gasteiger partial charge in [0.2, 0.25) is 0 Å². The highest BCUT2D eigenvalue weighted by molar-refractivity contribution is 5.88. The number of epoxide rings is 3. The number of ether oxygens (including phenoxy) is 3. The quantitative estimate of drug-likeness (QED) is 0.652. The number of carbonyl (C=O) groups excluding carboxylic acids is 2. The number of hydrogen-bond acceptors (Lipinski definition) is 5. The van der Waals surface area contributed by atoms with Gasteiger partial charge in [-0.25, -0.2) is 9.59 Å². The topological polar surface area (TPSA) is 93.5 Å². The van der Waals surface area contributed by atoms with Gasteiger partial charge >= 0.3 is 12.1 Å². The van der Waals surface area contributed by atoms with E-state index in [1.54, 1.807) is 14.7 Å². The lowest BCUT2D eigenvalue weighted by molar-refractivity contribution is -0.00800. The minimum Gasteiger partial charge on any atom is -0.371 e. The number of amides is 4. The van der Waals surface area contributed by atoms with Gasteiger partial charge in [0.05, 0.1) is 57.8 Å². The van der Waals surface area contributed by atoms with Gasteiger partial charge in [-0.1, -0.05) is 0 Å². The van der Waals surface area contributed by atoms with E-state index in [0.717, 1.165) is 0 Å². The van der Waals surface area contributed by atoms with Crippen molar-refractivity contribution in [1.29, 1.82) is 0 Å². The average molecular weight is 338 g/mol. The predicted molar refractivity (Wildman–Crippen MR) is 80.1 cm³/mol. The highest BCUT2D eigenvalue weighted by Crippen LogP contribution is 2.47. The molecule has 0 saturated carbocycles. The van der Waals surface area contributed by atoms with Crippen molar-refractivity contribution in [2.45, 2.75) is 43.5 Å². The first-order valence-electron chi connectivity index (χ1n) is 8.47. The van der Waals surface area contributed by atoms with Crippen molar-refractivity contribution in [3.63, 3.8) is 0 Å². The van der Waals surface area contributed by atoms with Gasteiger partial charge in [-0.2, -0.15) is 0 Å². The molecule has 9 nitrogen and oxygen atoms in total. The second kappa shape index (κ2) is 4.53. The lowest BCUT2D eigenvalue weighted by atomic mass is 9.95. The molecule has 0 bridgehead atoms. The number of rotatable bonds is 6. The van der Waals surface area contributed by atoms with Crippen LogP contribution in [-0.4, -0.2) is 95.9 Å². The lowest BCUT2D eigenvalue weighted by Crippen LogP contribution is -2.65. The number of carbonyl (C=O) groups is 2. The van der Waals surface area contributed by atoms with E-state index in [1.165, 1.54) is 0 Å². The van der Waals surface area contributed by atoms with Crippen molar-refractivity contribution in [1.82, 2.24) is 20.0 Å². The Hall–Kier alpha value is -1.58. The fraction of sp³-hybridized carbons (Fsp3) is 0.867. The molecule has 0 aliphatic carbocycles. The van der Waals surface area contributed by atoms with E-state index >= 15 is 0 Å². The Bertz CT molecular complexity index is 593. The third-order valence-electron chi connectivity index (χ3n) is 5.94. The van der Waals surface area contributed by atoms with Gasteiger partial charge in [0, 0.05) is 0 Å². The predicted octanol–water partition coefficient (Wildman–Crippen LogP) is -0.622. The SMILES string of the molecule is CC12NC(=O)N(CC3CO3)C1(C)N(CC1CO1)C(=O)N2CC1CO1. The maximum Gasteiger partial charge on any atom is 0.324 e. The number of hydrogen-bond donors (Lipinski definition) is 1. The summed E-state index contributed by atoms with van der Waals surface area (Å²) in [6, 6.07) is -0.237. The van der Waals surface area contributed by atoms with Crippen LogP contribution in [0.2, 0.25) is 0 Å². The summed E-state index contributed by atoms with van der Waals surface area (Å²) in [5, 5.41) is 3.05. The minimum atomic E-state index is -0.809. The molecule has 0 aromatic carbocycles. The molecule has 9 heteroatoms. The summed E-state index contributed by atoms with van der Waals surface area (Å²) in [5.41, 5.74) is -1.59. The van der Waals surface area contributed by atoms with E-state index in [0.29, 0.717) is 39.5 Å². The molecule has 5 aliphatic heterocycles. The Kier molecular flexibility index (Phi) is 2.78. The fourth-order valence-electron chi connectivity index (χ4n) is 4.02. The van der Waals surface area contributed by atoms with Crippen LogP contribution in [0.5, 0.6) is 0 Å². The Labute approximate surface area is 139 Å². The molecule has 132 valence electrons. The molecule has 0 aromatic heterocycles. The molecule has 0 aromatic rings. The number of nitrogens with one attached hydrogen (secondary N) is 1. The lowest BCUT2D eigenvalue weighted by Gasteiger charge is -2.43. The molecule has 5 fully saturated rings. The van der Waals surface area contributed by atoms with E-state index in [2.05, 4.69) is 5.32 Å². The van der Waals surface area contributed by atoms with E-state index in [9.17, 15) is 9.59 Å². The van der Waals surface area contributed by atoms with Crippen molar-refractivity contribution < 1.29 is 23.8 Å². The van der Waals surface area contributed by atoms with Gasteiger partial charge < -0.3 is 19.5 Å². The molecule has 4 amide bonds. The first kappa shape index (κ1) is 14.7. The summed E-state index contributed by atoms with van der Waals surface area (Å²) in [7, 11) is 0. The monoisotopic (exact) mass is 338 g/mol. The van der Waals surface area contributed by atoms with Gasteiger partial charge in [0.1, 0.15) is 0 Å².